The minimum Gasteiger partial charge on any atom is -0.453 e. The zero-order valence-electron chi connectivity index (χ0n) is 16.9. The van der Waals surface area contributed by atoms with Crippen molar-refractivity contribution in [2.24, 2.45) is 10.9 Å². The summed E-state index contributed by atoms with van der Waals surface area (Å²) in [5.74, 6) is 1.24. The van der Waals surface area contributed by atoms with Crippen LogP contribution >= 0.6 is 24.0 Å². The van der Waals surface area contributed by atoms with Crippen LogP contribution in [0.3, 0.4) is 0 Å². The quantitative estimate of drug-likeness (QED) is 0.279. The Morgan fingerprint density at radius 1 is 1.19 bits per heavy atom. The van der Waals surface area contributed by atoms with Crippen molar-refractivity contribution in [1.82, 2.24) is 10.6 Å². The highest BCUT2D eigenvalue weighted by Gasteiger charge is 2.12. The summed E-state index contributed by atoms with van der Waals surface area (Å²) in [5, 5.41) is 9.22. The molecule has 8 heteroatoms. The minimum atomic E-state index is -0.479. The van der Waals surface area contributed by atoms with Gasteiger partial charge in [0.25, 0.3) is 0 Å². The topological polar surface area (TPSA) is 84.0 Å². The highest BCUT2D eigenvalue weighted by atomic mass is 127. The second kappa shape index (κ2) is 14.5. The molecule has 1 aromatic carbocycles. The molecule has 0 bridgehead atoms. The Labute approximate surface area is 179 Å². The molecular weight excluding hydrogens is 459 g/mol. The third-order valence-electron chi connectivity index (χ3n) is 3.91. The van der Waals surface area contributed by atoms with Crippen molar-refractivity contribution in [2.75, 3.05) is 32.6 Å². The van der Waals surface area contributed by atoms with Crippen LogP contribution < -0.4 is 16.0 Å². The van der Waals surface area contributed by atoms with E-state index >= 15 is 0 Å². The van der Waals surface area contributed by atoms with Gasteiger partial charge in [-0.2, -0.15) is 0 Å². The molecule has 1 rings (SSSR count). The van der Waals surface area contributed by atoms with Crippen molar-refractivity contribution >= 4 is 41.7 Å². The van der Waals surface area contributed by atoms with Crippen molar-refractivity contribution in [3.8, 4) is 0 Å². The first-order valence-electron chi connectivity index (χ1n) is 9.00. The number of nitrogens with one attached hydrogen (secondary N) is 3. The number of methoxy groups -OCH3 is 1. The van der Waals surface area contributed by atoms with Crippen LogP contribution in [0.5, 0.6) is 0 Å². The molecule has 1 atom stereocenters. The number of halogens is 1. The third kappa shape index (κ3) is 10.4. The smallest absolute Gasteiger partial charge is 0.411 e. The van der Waals surface area contributed by atoms with E-state index in [1.54, 1.807) is 7.05 Å². The summed E-state index contributed by atoms with van der Waals surface area (Å²) in [5.41, 5.74) is 1.77. The number of anilines is 1. The van der Waals surface area contributed by atoms with E-state index in [2.05, 4.69) is 39.5 Å². The molecule has 1 unspecified atom stereocenters. The molecule has 0 aliphatic heterocycles. The van der Waals surface area contributed by atoms with Crippen LogP contribution in [0.25, 0.3) is 0 Å². The number of carbonyl (C=O) groups excluding carboxylic acids is 1. The summed E-state index contributed by atoms with van der Waals surface area (Å²) in [6, 6.07) is 7.55. The lowest BCUT2D eigenvalue weighted by Gasteiger charge is -2.21. The molecule has 154 valence electrons. The fraction of sp³-hybridized carbons (Fsp3) is 0.579. The van der Waals surface area contributed by atoms with E-state index in [0.29, 0.717) is 18.2 Å². The van der Waals surface area contributed by atoms with Crippen LogP contribution in [0.4, 0.5) is 10.5 Å². The first-order valence-corrected chi connectivity index (χ1v) is 9.00. The van der Waals surface area contributed by atoms with Crippen LogP contribution in [0, 0.1) is 5.92 Å². The Hall–Kier alpha value is -1.55. The zero-order chi connectivity index (χ0) is 19.4. The number of ether oxygens (including phenoxy) is 2. The Morgan fingerprint density at radius 3 is 2.37 bits per heavy atom. The van der Waals surface area contributed by atoms with Gasteiger partial charge in [-0.05, 0) is 37.0 Å². The molecule has 0 fully saturated rings. The number of guanidine groups is 1. The highest BCUT2D eigenvalue weighted by molar-refractivity contribution is 14.0. The summed E-state index contributed by atoms with van der Waals surface area (Å²) in [6.45, 7) is 8.53. The van der Waals surface area contributed by atoms with E-state index in [1.165, 1.54) is 7.11 Å². The lowest BCUT2D eigenvalue weighted by molar-refractivity contribution is 0.0258. The van der Waals surface area contributed by atoms with Gasteiger partial charge in [-0.15, -0.1) is 24.0 Å². The maximum Gasteiger partial charge on any atom is 0.411 e. The van der Waals surface area contributed by atoms with Crippen LogP contribution in [0.1, 0.15) is 32.8 Å². The standard InChI is InChI=1S/C19H32N4O3.HI/c1-6-26-17(14(2)3)11-12-21-18(20-4)22-13-15-7-9-16(10-8-15)23-19(24)25-5;/h7-10,14,17H,6,11-13H2,1-5H3,(H,23,24)(H2,20,21,22);1H. The summed E-state index contributed by atoms with van der Waals surface area (Å²) < 4.78 is 10.3. The predicted octanol–water partition coefficient (Wildman–Crippen LogP) is 3.60. The Balaban J connectivity index is 0.00000676. The molecule has 0 aromatic heterocycles. The van der Waals surface area contributed by atoms with E-state index in [0.717, 1.165) is 31.1 Å². The normalized spacial score (nSPS) is 12.1. The fourth-order valence-electron chi connectivity index (χ4n) is 2.44. The minimum absolute atomic E-state index is 0. The Kier molecular flexibility index (Phi) is 13.7. The van der Waals surface area contributed by atoms with Crippen molar-refractivity contribution < 1.29 is 14.3 Å². The maximum absolute atomic E-state index is 11.2. The molecule has 0 saturated carbocycles. The first-order chi connectivity index (χ1) is 12.5. The molecule has 0 heterocycles. The van der Waals surface area contributed by atoms with E-state index in [-0.39, 0.29) is 30.1 Å². The predicted molar refractivity (Wildman–Crippen MR) is 121 cm³/mol. The number of nitrogens with zero attached hydrogens (tertiary/aromatic N) is 1. The summed E-state index contributed by atoms with van der Waals surface area (Å²) in [4.78, 5) is 15.4. The van der Waals surface area contributed by atoms with Crippen molar-refractivity contribution in [3.05, 3.63) is 29.8 Å². The van der Waals surface area contributed by atoms with Gasteiger partial charge in [-0.25, -0.2) is 4.79 Å². The van der Waals surface area contributed by atoms with Crippen LogP contribution in [-0.2, 0) is 16.0 Å². The molecule has 1 amide bonds. The van der Waals surface area contributed by atoms with E-state index in [4.69, 9.17) is 4.74 Å². The van der Waals surface area contributed by atoms with Gasteiger partial charge in [0, 0.05) is 32.4 Å². The largest absolute Gasteiger partial charge is 0.453 e. The number of amides is 1. The number of hydrogen-bond donors (Lipinski definition) is 3. The molecule has 0 spiro atoms. The Morgan fingerprint density at radius 2 is 1.85 bits per heavy atom. The lowest BCUT2D eigenvalue weighted by atomic mass is 10.0. The average molecular weight is 492 g/mol. The summed E-state index contributed by atoms with van der Waals surface area (Å²) in [7, 11) is 3.09. The van der Waals surface area contributed by atoms with E-state index in [9.17, 15) is 4.79 Å². The second-order valence-electron chi connectivity index (χ2n) is 6.19. The summed E-state index contributed by atoms with van der Waals surface area (Å²) in [6.07, 6.45) is 0.702. The second-order valence-corrected chi connectivity index (χ2v) is 6.19. The number of aliphatic imine (C=N–C) groups is 1. The fourth-order valence-corrected chi connectivity index (χ4v) is 2.44. The van der Waals surface area contributed by atoms with E-state index < -0.39 is 6.09 Å². The SMILES string of the molecule is CCOC(CCNC(=NC)NCc1ccc(NC(=O)OC)cc1)C(C)C.I. The Bertz CT molecular complexity index is 565. The lowest BCUT2D eigenvalue weighted by Crippen LogP contribution is -2.38. The van der Waals surface area contributed by atoms with Gasteiger partial charge in [-0.1, -0.05) is 26.0 Å². The molecular formula is C19H33IN4O3. The molecule has 0 aliphatic carbocycles. The molecule has 7 nitrogen and oxygen atoms in total. The van der Waals surface area contributed by atoms with Gasteiger partial charge in [0.1, 0.15) is 0 Å². The van der Waals surface area contributed by atoms with Crippen molar-refractivity contribution in [3.63, 3.8) is 0 Å². The molecule has 0 radical (unpaired) electrons. The maximum atomic E-state index is 11.2. The number of benzene rings is 1. The van der Waals surface area contributed by atoms with Gasteiger partial charge < -0.3 is 20.1 Å². The van der Waals surface area contributed by atoms with Gasteiger partial charge in [0.05, 0.1) is 13.2 Å². The first kappa shape index (κ1) is 25.4. The van der Waals surface area contributed by atoms with Crippen LogP contribution in [-0.4, -0.2) is 45.5 Å². The zero-order valence-corrected chi connectivity index (χ0v) is 19.2. The molecule has 3 N–H and O–H groups in total. The number of rotatable bonds is 9. The van der Waals surface area contributed by atoms with Crippen molar-refractivity contribution in [1.29, 1.82) is 0 Å². The van der Waals surface area contributed by atoms with Gasteiger partial charge in [0.15, 0.2) is 5.96 Å². The van der Waals surface area contributed by atoms with Crippen molar-refractivity contribution in [2.45, 2.75) is 39.8 Å². The number of hydrogen-bond acceptors (Lipinski definition) is 4. The summed E-state index contributed by atoms with van der Waals surface area (Å²) >= 11 is 0. The van der Waals surface area contributed by atoms with E-state index in [1.807, 2.05) is 31.2 Å². The van der Waals surface area contributed by atoms with Gasteiger partial charge in [0.2, 0.25) is 0 Å². The average Bonchev–Trinajstić information content (AvgIpc) is 2.64. The van der Waals surface area contributed by atoms with Gasteiger partial charge >= 0.3 is 6.09 Å². The van der Waals surface area contributed by atoms with Crippen LogP contribution in [0.2, 0.25) is 0 Å². The molecule has 1 aromatic rings. The van der Waals surface area contributed by atoms with Gasteiger partial charge in [-0.3, -0.25) is 10.3 Å². The molecule has 0 aliphatic rings. The number of carbonyl (C=O) groups is 1. The monoisotopic (exact) mass is 492 g/mol. The molecule has 27 heavy (non-hydrogen) atoms. The third-order valence-corrected chi connectivity index (χ3v) is 3.91. The molecule has 0 saturated heterocycles. The highest BCUT2D eigenvalue weighted by Crippen LogP contribution is 2.11. The van der Waals surface area contributed by atoms with Crippen LogP contribution in [0.15, 0.2) is 29.3 Å².